The van der Waals surface area contributed by atoms with Crippen LogP contribution >= 0.6 is 11.3 Å². The lowest BCUT2D eigenvalue weighted by Crippen LogP contribution is -2.49. The monoisotopic (exact) mass is 377 g/mol. The number of aliphatic hydroxyl groups excluding tert-OH is 1. The molecule has 0 saturated heterocycles. The first-order valence-electron chi connectivity index (χ1n) is 9.24. The molecule has 0 bridgehead atoms. The van der Waals surface area contributed by atoms with E-state index in [1.54, 1.807) is 18.7 Å². The lowest BCUT2D eigenvalue weighted by molar-refractivity contribution is -0.124. The lowest BCUT2D eigenvalue weighted by atomic mass is 9.83. The predicted octanol–water partition coefficient (Wildman–Crippen LogP) is 1.92. The van der Waals surface area contributed by atoms with Gasteiger partial charge in [0.2, 0.25) is 5.91 Å². The maximum Gasteiger partial charge on any atom is 0.237 e. The Balaban J connectivity index is 1.64. The van der Waals surface area contributed by atoms with Crippen LogP contribution in [0.5, 0.6) is 0 Å². The second-order valence-corrected chi connectivity index (χ2v) is 7.97. The molecule has 26 heavy (non-hydrogen) atoms. The number of nitrogens with one attached hydrogen (secondary N) is 2. The highest BCUT2D eigenvalue weighted by atomic mass is 32.1. The normalized spacial score (nSPS) is 19.0. The zero-order valence-electron chi connectivity index (χ0n) is 14.8. The van der Waals surface area contributed by atoms with E-state index in [1.807, 2.05) is 5.38 Å². The summed E-state index contributed by atoms with van der Waals surface area (Å²) < 4.78 is 0. The van der Waals surface area contributed by atoms with Crippen molar-refractivity contribution < 1.29 is 9.90 Å². The van der Waals surface area contributed by atoms with Gasteiger partial charge < -0.3 is 21.1 Å². The molecule has 5 N–H and O–H groups in total. The summed E-state index contributed by atoms with van der Waals surface area (Å²) in [6.07, 6.45) is 11.3. The van der Waals surface area contributed by atoms with Gasteiger partial charge in [-0.05, 0) is 12.3 Å². The van der Waals surface area contributed by atoms with E-state index in [4.69, 9.17) is 5.73 Å². The summed E-state index contributed by atoms with van der Waals surface area (Å²) in [6, 6.07) is -1.07. The third kappa shape index (κ3) is 5.12. The Kier molecular flexibility index (Phi) is 6.76. The molecule has 7 nitrogen and oxygen atoms in total. The first-order chi connectivity index (χ1) is 12.6. The zero-order chi connectivity index (χ0) is 18.4. The topological polar surface area (TPSA) is 117 Å². The Hall–Kier alpha value is -1.77. The fraction of sp³-hybridized carbons (Fsp3) is 0.611. The first kappa shape index (κ1) is 19.0. The van der Waals surface area contributed by atoms with E-state index in [0.29, 0.717) is 17.3 Å². The Morgan fingerprint density at radius 2 is 2.19 bits per heavy atom. The molecule has 3 rings (SSSR count). The highest BCUT2D eigenvalue weighted by Gasteiger charge is 2.30. The van der Waals surface area contributed by atoms with Crippen molar-refractivity contribution in [1.82, 2.24) is 20.3 Å². The molecule has 0 radical (unpaired) electrons. The van der Waals surface area contributed by atoms with Crippen LogP contribution in [-0.2, 0) is 11.2 Å². The van der Waals surface area contributed by atoms with Crippen LogP contribution in [-0.4, -0.2) is 38.0 Å². The van der Waals surface area contributed by atoms with Crippen molar-refractivity contribution in [2.75, 3.05) is 0 Å². The molecule has 1 aliphatic rings. The van der Waals surface area contributed by atoms with Crippen molar-refractivity contribution >= 4 is 17.2 Å². The number of carbonyl (C=O) groups excluding carboxylic acids is 1. The summed E-state index contributed by atoms with van der Waals surface area (Å²) >= 11 is 1.40. The SMILES string of the molecule is N[C@@H](Cc1c[nH]cn1)C(=O)N[C@@H](CC1CCCCC1)[C@@H](O)c1nccs1. The molecule has 2 aromatic heterocycles. The van der Waals surface area contributed by atoms with Gasteiger partial charge in [-0.3, -0.25) is 4.79 Å². The van der Waals surface area contributed by atoms with Crippen LogP contribution in [0.2, 0.25) is 0 Å². The summed E-state index contributed by atoms with van der Waals surface area (Å²) in [7, 11) is 0. The van der Waals surface area contributed by atoms with Crippen LogP contribution in [0, 0.1) is 5.92 Å². The van der Waals surface area contributed by atoms with Crippen LogP contribution in [0.1, 0.15) is 55.3 Å². The molecule has 1 fully saturated rings. The number of carbonyl (C=O) groups is 1. The molecule has 142 valence electrons. The molecule has 0 aromatic carbocycles. The number of amides is 1. The molecular formula is C18H27N5O2S. The minimum atomic E-state index is -0.807. The summed E-state index contributed by atoms with van der Waals surface area (Å²) in [5, 5.41) is 16.2. The minimum Gasteiger partial charge on any atom is -0.384 e. The van der Waals surface area contributed by atoms with Gasteiger partial charge in [-0.2, -0.15) is 0 Å². The van der Waals surface area contributed by atoms with Gasteiger partial charge in [-0.15, -0.1) is 11.3 Å². The molecule has 2 aromatic rings. The fourth-order valence-corrected chi connectivity index (χ4v) is 4.30. The van der Waals surface area contributed by atoms with Crippen LogP contribution in [0.3, 0.4) is 0 Å². The van der Waals surface area contributed by atoms with Crippen molar-refractivity contribution in [3.63, 3.8) is 0 Å². The second kappa shape index (κ2) is 9.25. The number of imidazole rings is 1. The number of nitrogens with two attached hydrogens (primary N) is 1. The van der Waals surface area contributed by atoms with E-state index in [2.05, 4.69) is 20.3 Å². The minimum absolute atomic E-state index is 0.260. The molecule has 0 spiro atoms. The average Bonchev–Trinajstić information content (AvgIpc) is 3.35. The largest absolute Gasteiger partial charge is 0.384 e. The Morgan fingerprint density at radius 1 is 1.38 bits per heavy atom. The third-order valence-electron chi connectivity index (χ3n) is 5.05. The van der Waals surface area contributed by atoms with Crippen molar-refractivity contribution in [2.24, 2.45) is 11.7 Å². The van der Waals surface area contributed by atoms with Gasteiger partial charge in [-0.25, -0.2) is 9.97 Å². The number of hydrogen-bond acceptors (Lipinski definition) is 6. The number of thiazole rings is 1. The van der Waals surface area contributed by atoms with Gasteiger partial charge in [0, 0.05) is 24.2 Å². The number of rotatable bonds is 8. The molecular weight excluding hydrogens is 350 g/mol. The molecule has 1 amide bonds. The molecule has 3 atom stereocenters. The van der Waals surface area contributed by atoms with Gasteiger partial charge in [0.25, 0.3) is 0 Å². The lowest BCUT2D eigenvalue weighted by Gasteiger charge is -2.30. The maximum absolute atomic E-state index is 12.6. The summed E-state index contributed by atoms with van der Waals surface area (Å²) in [6.45, 7) is 0. The van der Waals surface area contributed by atoms with Crippen LogP contribution < -0.4 is 11.1 Å². The van der Waals surface area contributed by atoms with Crippen molar-refractivity contribution in [1.29, 1.82) is 0 Å². The summed E-state index contributed by atoms with van der Waals surface area (Å²) in [5.41, 5.74) is 6.80. The molecule has 1 aliphatic carbocycles. The average molecular weight is 378 g/mol. The number of aliphatic hydroxyl groups is 1. The van der Waals surface area contributed by atoms with Crippen molar-refractivity contribution in [3.05, 3.63) is 34.8 Å². The van der Waals surface area contributed by atoms with Gasteiger partial charge in [0.05, 0.1) is 24.1 Å². The Morgan fingerprint density at radius 3 is 2.85 bits per heavy atom. The van der Waals surface area contributed by atoms with Gasteiger partial charge in [-0.1, -0.05) is 32.1 Å². The maximum atomic E-state index is 12.6. The third-order valence-corrected chi connectivity index (χ3v) is 5.89. The van der Waals surface area contributed by atoms with Crippen molar-refractivity contribution in [3.8, 4) is 0 Å². The molecule has 8 heteroatoms. The highest BCUT2D eigenvalue weighted by Crippen LogP contribution is 2.31. The second-order valence-electron chi connectivity index (χ2n) is 7.04. The standard InChI is InChI=1S/C18H27N5O2S/c19-14(9-13-10-20-11-22-13)17(25)23-15(8-12-4-2-1-3-5-12)16(24)18-21-6-7-26-18/h6-7,10-12,14-16,24H,1-5,8-9,19H2,(H,20,22)(H,23,25)/t14-,15-,16+/m0/s1. The van der Waals surface area contributed by atoms with Gasteiger partial charge in [0.1, 0.15) is 11.1 Å². The van der Waals surface area contributed by atoms with Crippen LogP contribution in [0.15, 0.2) is 24.1 Å². The van der Waals surface area contributed by atoms with E-state index < -0.39 is 12.1 Å². The molecule has 0 aliphatic heterocycles. The van der Waals surface area contributed by atoms with Crippen molar-refractivity contribution in [2.45, 2.75) is 63.1 Å². The van der Waals surface area contributed by atoms with Crippen LogP contribution in [0.25, 0.3) is 0 Å². The van der Waals surface area contributed by atoms with Gasteiger partial charge >= 0.3 is 0 Å². The number of H-pyrrole nitrogens is 1. The van der Waals surface area contributed by atoms with E-state index in [1.165, 1.54) is 30.6 Å². The van der Waals surface area contributed by atoms with E-state index >= 15 is 0 Å². The number of aromatic nitrogens is 3. The fourth-order valence-electron chi connectivity index (χ4n) is 3.61. The van der Waals surface area contributed by atoms with E-state index in [-0.39, 0.29) is 11.9 Å². The zero-order valence-corrected chi connectivity index (χ0v) is 15.6. The first-order valence-corrected chi connectivity index (χ1v) is 10.1. The highest BCUT2D eigenvalue weighted by molar-refractivity contribution is 7.09. The number of nitrogens with zero attached hydrogens (tertiary/aromatic N) is 2. The van der Waals surface area contributed by atoms with Gasteiger partial charge in [0.15, 0.2) is 0 Å². The predicted molar refractivity (Wildman–Crippen MR) is 100 cm³/mol. The van der Waals surface area contributed by atoms with Crippen LogP contribution in [0.4, 0.5) is 0 Å². The van der Waals surface area contributed by atoms with E-state index in [9.17, 15) is 9.90 Å². The molecule has 0 unspecified atom stereocenters. The smallest absolute Gasteiger partial charge is 0.237 e. The quantitative estimate of drug-likeness (QED) is 0.561. The molecule has 2 heterocycles. The number of aromatic amines is 1. The Labute approximate surface area is 157 Å². The Bertz CT molecular complexity index is 655. The summed E-state index contributed by atoms with van der Waals surface area (Å²) in [4.78, 5) is 23.8. The summed E-state index contributed by atoms with van der Waals surface area (Å²) in [5.74, 6) is 0.260. The molecule has 1 saturated carbocycles. The number of hydrogen-bond donors (Lipinski definition) is 4. The van der Waals surface area contributed by atoms with E-state index in [0.717, 1.165) is 25.0 Å².